The average molecular weight is 195 g/mol. The first-order chi connectivity index (χ1) is 5.90. The first kappa shape index (κ1) is 9.96. The highest BCUT2D eigenvalue weighted by atomic mass is 35.5. The van der Waals surface area contributed by atoms with E-state index >= 15 is 0 Å². The van der Waals surface area contributed by atoms with Crippen LogP contribution in [-0.4, -0.2) is 4.98 Å². The highest BCUT2D eigenvalue weighted by molar-refractivity contribution is 5.85. The van der Waals surface area contributed by atoms with Gasteiger partial charge >= 0.3 is 0 Å². The maximum atomic E-state index is 5.53. The van der Waals surface area contributed by atoms with Crippen molar-refractivity contribution in [2.24, 2.45) is 5.73 Å². The lowest BCUT2D eigenvalue weighted by Gasteiger charge is -1.99. The van der Waals surface area contributed by atoms with Crippen LogP contribution in [0.25, 0.3) is 10.8 Å². The number of nitrogens with two attached hydrogens (primary N) is 1. The summed E-state index contributed by atoms with van der Waals surface area (Å²) in [5, 5.41) is 2.36. The summed E-state index contributed by atoms with van der Waals surface area (Å²) in [6, 6.07) is 8.17. The molecule has 1 aromatic carbocycles. The van der Waals surface area contributed by atoms with Crippen molar-refractivity contribution in [1.29, 1.82) is 0 Å². The van der Waals surface area contributed by atoms with Crippen molar-refractivity contribution in [3.8, 4) is 0 Å². The Morgan fingerprint density at radius 2 is 2.00 bits per heavy atom. The lowest BCUT2D eigenvalue weighted by molar-refractivity contribution is 1.08. The van der Waals surface area contributed by atoms with Crippen LogP contribution in [0, 0.1) is 0 Å². The third-order valence-electron chi connectivity index (χ3n) is 1.94. The molecule has 0 aliphatic carbocycles. The van der Waals surface area contributed by atoms with Crippen LogP contribution in [0.15, 0.2) is 36.7 Å². The zero-order chi connectivity index (χ0) is 8.39. The molecule has 0 radical (unpaired) electrons. The molecule has 13 heavy (non-hydrogen) atoms. The molecule has 0 spiro atoms. The van der Waals surface area contributed by atoms with Gasteiger partial charge < -0.3 is 5.73 Å². The quantitative estimate of drug-likeness (QED) is 0.756. The van der Waals surface area contributed by atoms with Crippen LogP contribution in [-0.2, 0) is 6.54 Å². The van der Waals surface area contributed by atoms with E-state index in [1.807, 2.05) is 24.4 Å². The van der Waals surface area contributed by atoms with Crippen LogP contribution in [0.3, 0.4) is 0 Å². The summed E-state index contributed by atoms with van der Waals surface area (Å²) in [5.74, 6) is 0. The minimum absolute atomic E-state index is 0. The Bertz CT molecular complexity index is 401. The maximum Gasteiger partial charge on any atom is 0.0346 e. The van der Waals surface area contributed by atoms with Gasteiger partial charge in [-0.2, -0.15) is 0 Å². The molecule has 1 heterocycles. The molecule has 0 aliphatic heterocycles. The van der Waals surface area contributed by atoms with Gasteiger partial charge in [-0.3, -0.25) is 4.98 Å². The van der Waals surface area contributed by atoms with E-state index in [0.717, 1.165) is 10.9 Å². The summed E-state index contributed by atoms with van der Waals surface area (Å²) in [6.07, 6.45) is 3.65. The van der Waals surface area contributed by atoms with E-state index < -0.39 is 0 Å². The van der Waals surface area contributed by atoms with Crippen molar-refractivity contribution >= 4 is 23.2 Å². The number of hydrogen-bond acceptors (Lipinski definition) is 2. The number of nitrogens with zero attached hydrogens (tertiary/aromatic N) is 1. The van der Waals surface area contributed by atoms with Gasteiger partial charge in [-0.05, 0) is 23.1 Å². The molecule has 2 nitrogen and oxygen atoms in total. The lowest BCUT2D eigenvalue weighted by Crippen LogP contribution is -1.95. The van der Waals surface area contributed by atoms with Gasteiger partial charge in [0.1, 0.15) is 0 Å². The number of hydrogen-bond donors (Lipinski definition) is 1. The van der Waals surface area contributed by atoms with E-state index in [9.17, 15) is 0 Å². The van der Waals surface area contributed by atoms with Gasteiger partial charge in [0, 0.05) is 24.3 Å². The fourth-order valence-corrected chi connectivity index (χ4v) is 1.26. The second-order valence-corrected chi connectivity index (χ2v) is 2.76. The van der Waals surface area contributed by atoms with Crippen molar-refractivity contribution in [1.82, 2.24) is 4.98 Å². The molecular formula is C10H11ClN2. The maximum absolute atomic E-state index is 5.53. The predicted molar refractivity (Wildman–Crippen MR) is 56.9 cm³/mol. The molecule has 3 heteroatoms. The fraction of sp³-hybridized carbons (Fsp3) is 0.100. The number of rotatable bonds is 1. The molecule has 0 unspecified atom stereocenters. The molecule has 0 aliphatic rings. The Hall–Kier alpha value is -1.12. The Kier molecular flexibility index (Phi) is 3.23. The summed E-state index contributed by atoms with van der Waals surface area (Å²) in [5.41, 5.74) is 6.69. The molecule has 2 aromatic rings. The normalized spacial score (nSPS) is 9.62. The van der Waals surface area contributed by atoms with Crippen molar-refractivity contribution < 1.29 is 0 Å². The van der Waals surface area contributed by atoms with E-state index in [1.165, 1.54) is 5.39 Å². The Labute approximate surface area is 83.2 Å². The molecule has 0 atom stereocenters. The summed E-state index contributed by atoms with van der Waals surface area (Å²) >= 11 is 0. The summed E-state index contributed by atoms with van der Waals surface area (Å²) in [4.78, 5) is 4.04. The minimum atomic E-state index is 0. The molecule has 68 valence electrons. The average Bonchev–Trinajstić information content (AvgIpc) is 2.17. The minimum Gasteiger partial charge on any atom is -0.326 e. The van der Waals surface area contributed by atoms with Gasteiger partial charge in [0.25, 0.3) is 0 Å². The lowest BCUT2D eigenvalue weighted by atomic mass is 10.1. The molecule has 2 N–H and O–H groups in total. The van der Waals surface area contributed by atoms with Crippen LogP contribution in [0.1, 0.15) is 5.56 Å². The van der Waals surface area contributed by atoms with E-state index in [4.69, 9.17) is 5.73 Å². The number of benzene rings is 1. The van der Waals surface area contributed by atoms with Crippen LogP contribution in [0.2, 0.25) is 0 Å². The van der Waals surface area contributed by atoms with Crippen LogP contribution in [0.5, 0.6) is 0 Å². The number of fused-ring (bicyclic) bond motifs is 1. The molecule has 2 rings (SSSR count). The summed E-state index contributed by atoms with van der Waals surface area (Å²) in [6.45, 7) is 0.595. The zero-order valence-electron chi connectivity index (χ0n) is 7.10. The topological polar surface area (TPSA) is 38.9 Å². The number of aromatic nitrogens is 1. The van der Waals surface area contributed by atoms with Crippen molar-refractivity contribution in [3.63, 3.8) is 0 Å². The third-order valence-corrected chi connectivity index (χ3v) is 1.94. The van der Waals surface area contributed by atoms with Crippen molar-refractivity contribution in [2.45, 2.75) is 6.54 Å². The monoisotopic (exact) mass is 194 g/mol. The molecule has 0 saturated heterocycles. The standard InChI is InChI=1S/C10H10N2.ClH/c11-6-8-1-2-10-7-12-4-3-9(10)5-8;/h1-5,7H,6,11H2;1H. The molecule has 0 saturated carbocycles. The van der Waals surface area contributed by atoms with Gasteiger partial charge in [0.2, 0.25) is 0 Å². The van der Waals surface area contributed by atoms with Gasteiger partial charge in [-0.1, -0.05) is 12.1 Å². The first-order valence-electron chi connectivity index (χ1n) is 3.93. The van der Waals surface area contributed by atoms with Crippen LogP contribution < -0.4 is 5.73 Å². The summed E-state index contributed by atoms with van der Waals surface area (Å²) < 4.78 is 0. The zero-order valence-corrected chi connectivity index (χ0v) is 7.92. The van der Waals surface area contributed by atoms with Gasteiger partial charge in [0.15, 0.2) is 0 Å². The molecule has 0 bridgehead atoms. The first-order valence-corrected chi connectivity index (χ1v) is 3.93. The van der Waals surface area contributed by atoms with E-state index in [-0.39, 0.29) is 12.4 Å². The number of halogens is 1. The smallest absolute Gasteiger partial charge is 0.0346 e. The van der Waals surface area contributed by atoms with Crippen LogP contribution in [0.4, 0.5) is 0 Å². The van der Waals surface area contributed by atoms with E-state index in [2.05, 4.69) is 11.1 Å². The van der Waals surface area contributed by atoms with E-state index in [0.29, 0.717) is 6.54 Å². The summed E-state index contributed by atoms with van der Waals surface area (Å²) in [7, 11) is 0. The fourth-order valence-electron chi connectivity index (χ4n) is 1.26. The Morgan fingerprint density at radius 3 is 2.77 bits per heavy atom. The van der Waals surface area contributed by atoms with Gasteiger partial charge in [-0.15, -0.1) is 12.4 Å². The predicted octanol–water partition coefficient (Wildman–Crippen LogP) is 2.12. The molecule has 1 aromatic heterocycles. The highest BCUT2D eigenvalue weighted by Gasteiger charge is 1.93. The highest BCUT2D eigenvalue weighted by Crippen LogP contribution is 2.13. The number of pyridine rings is 1. The molecule has 0 fully saturated rings. The second kappa shape index (κ2) is 4.21. The van der Waals surface area contributed by atoms with Crippen molar-refractivity contribution in [3.05, 3.63) is 42.2 Å². The third kappa shape index (κ3) is 1.97. The largest absolute Gasteiger partial charge is 0.326 e. The van der Waals surface area contributed by atoms with Gasteiger partial charge in [-0.25, -0.2) is 0 Å². The Balaban J connectivity index is 0.000000845. The molecular weight excluding hydrogens is 184 g/mol. The van der Waals surface area contributed by atoms with Crippen LogP contribution >= 0.6 is 12.4 Å². The molecule has 0 amide bonds. The second-order valence-electron chi connectivity index (χ2n) is 2.76. The van der Waals surface area contributed by atoms with E-state index in [1.54, 1.807) is 6.20 Å². The SMILES string of the molecule is Cl.NCc1ccc2cnccc2c1. The van der Waals surface area contributed by atoms with Gasteiger partial charge in [0.05, 0.1) is 0 Å². The Morgan fingerprint density at radius 1 is 1.15 bits per heavy atom. The van der Waals surface area contributed by atoms with Crippen molar-refractivity contribution in [2.75, 3.05) is 0 Å².